The molecule has 27 heavy (non-hydrogen) atoms. The fraction of sp³-hybridized carbons (Fsp3) is 0.167. The molecule has 1 aromatic heterocycles. The third-order valence-electron chi connectivity index (χ3n) is 3.72. The van der Waals surface area contributed by atoms with Crippen LogP contribution < -0.4 is 0 Å². The fourth-order valence-corrected chi connectivity index (χ4v) is 2.91. The molecule has 0 aliphatic carbocycles. The summed E-state index contributed by atoms with van der Waals surface area (Å²) in [7, 11) is 0. The van der Waals surface area contributed by atoms with Gasteiger partial charge in [0.1, 0.15) is 0 Å². The minimum absolute atomic E-state index is 0.0340. The Hall–Kier alpha value is -3.20. The molecule has 9 heteroatoms. The number of rotatable bonds is 6. The third kappa shape index (κ3) is 4.14. The van der Waals surface area contributed by atoms with Crippen LogP contribution in [-0.4, -0.2) is 27.3 Å². The zero-order chi connectivity index (χ0) is 19.4. The van der Waals surface area contributed by atoms with Crippen LogP contribution in [0.2, 0.25) is 0 Å². The predicted molar refractivity (Wildman–Crippen MR) is 98.4 cm³/mol. The van der Waals surface area contributed by atoms with E-state index in [0.717, 1.165) is 4.90 Å². The van der Waals surface area contributed by atoms with Gasteiger partial charge in [-0.1, -0.05) is 12.1 Å². The van der Waals surface area contributed by atoms with Crippen LogP contribution >= 0.6 is 11.8 Å². The van der Waals surface area contributed by atoms with Crippen molar-refractivity contribution in [1.82, 2.24) is 10.2 Å². The van der Waals surface area contributed by atoms with Crippen molar-refractivity contribution in [2.45, 2.75) is 17.9 Å². The van der Waals surface area contributed by atoms with Crippen LogP contribution in [0.1, 0.15) is 29.3 Å². The second kappa shape index (κ2) is 8.00. The predicted octanol–water partition coefficient (Wildman–Crippen LogP) is 4.28. The molecule has 0 bridgehead atoms. The maximum atomic E-state index is 12.4. The Labute approximate surface area is 158 Å². The van der Waals surface area contributed by atoms with Crippen molar-refractivity contribution >= 4 is 23.4 Å². The van der Waals surface area contributed by atoms with Crippen molar-refractivity contribution in [2.75, 3.05) is 6.26 Å². The lowest BCUT2D eigenvalue weighted by Crippen LogP contribution is -2.10. The van der Waals surface area contributed by atoms with E-state index in [1.807, 2.05) is 18.4 Å². The highest BCUT2D eigenvalue weighted by molar-refractivity contribution is 7.98. The van der Waals surface area contributed by atoms with Crippen molar-refractivity contribution in [1.29, 1.82) is 0 Å². The summed E-state index contributed by atoms with van der Waals surface area (Å²) in [6.45, 7) is 1.63. The van der Waals surface area contributed by atoms with Crippen molar-refractivity contribution in [3.63, 3.8) is 0 Å². The summed E-state index contributed by atoms with van der Waals surface area (Å²) >= 11 is 1.45. The Bertz CT molecular complexity index is 971. The molecule has 0 aliphatic heterocycles. The van der Waals surface area contributed by atoms with Crippen LogP contribution in [0.4, 0.5) is 5.69 Å². The van der Waals surface area contributed by atoms with E-state index in [0.29, 0.717) is 11.1 Å². The van der Waals surface area contributed by atoms with Crippen LogP contribution in [0.15, 0.2) is 57.8 Å². The Morgan fingerprint density at radius 2 is 1.89 bits per heavy atom. The number of hydrogen-bond acceptors (Lipinski definition) is 8. The number of carbonyl (C=O) groups is 1. The van der Waals surface area contributed by atoms with Gasteiger partial charge in [-0.15, -0.1) is 22.0 Å². The molecular formula is C18H15N3O5S. The molecule has 0 spiro atoms. The largest absolute Gasteiger partial charge is 0.449 e. The van der Waals surface area contributed by atoms with Gasteiger partial charge in [-0.05, 0) is 37.4 Å². The molecule has 1 atom stereocenters. The first-order valence-electron chi connectivity index (χ1n) is 7.92. The summed E-state index contributed by atoms with van der Waals surface area (Å²) in [6, 6.07) is 12.9. The number of carbonyl (C=O) groups excluding carboxylic acids is 1. The number of esters is 1. The van der Waals surface area contributed by atoms with Gasteiger partial charge in [-0.3, -0.25) is 10.1 Å². The molecule has 0 aliphatic rings. The molecule has 1 heterocycles. The molecule has 8 nitrogen and oxygen atoms in total. The van der Waals surface area contributed by atoms with Crippen LogP contribution in [0.3, 0.4) is 0 Å². The SMILES string of the molecule is CSc1ccccc1C(=O)O[C@@H](C)c1nnc(-c2ccc([N+](=O)[O-])cc2)o1. The quantitative estimate of drug-likeness (QED) is 0.268. The molecule has 0 unspecified atom stereocenters. The van der Waals surface area contributed by atoms with Gasteiger partial charge in [0.15, 0.2) is 6.10 Å². The summed E-state index contributed by atoms with van der Waals surface area (Å²) in [4.78, 5) is 23.4. The van der Waals surface area contributed by atoms with Gasteiger partial charge >= 0.3 is 5.97 Å². The molecular weight excluding hydrogens is 370 g/mol. The molecule has 0 amide bonds. The highest BCUT2D eigenvalue weighted by atomic mass is 32.2. The molecule has 0 radical (unpaired) electrons. The topological polar surface area (TPSA) is 108 Å². The van der Waals surface area contributed by atoms with Crippen molar-refractivity contribution in [3.05, 3.63) is 70.1 Å². The molecule has 3 aromatic rings. The lowest BCUT2D eigenvalue weighted by Gasteiger charge is -2.11. The second-order valence-electron chi connectivity index (χ2n) is 5.50. The van der Waals surface area contributed by atoms with E-state index in [9.17, 15) is 14.9 Å². The zero-order valence-electron chi connectivity index (χ0n) is 14.5. The lowest BCUT2D eigenvalue weighted by atomic mass is 10.2. The molecule has 0 N–H and O–H groups in total. The van der Waals surface area contributed by atoms with Gasteiger partial charge in [0, 0.05) is 22.6 Å². The van der Waals surface area contributed by atoms with E-state index in [-0.39, 0.29) is 17.5 Å². The number of nitro benzene ring substituents is 1. The Kier molecular flexibility index (Phi) is 5.51. The summed E-state index contributed by atoms with van der Waals surface area (Å²) in [5, 5.41) is 18.5. The minimum Gasteiger partial charge on any atom is -0.449 e. The molecule has 138 valence electrons. The van der Waals surface area contributed by atoms with Crippen molar-refractivity contribution < 1.29 is 18.9 Å². The average molecular weight is 385 g/mol. The first-order chi connectivity index (χ1) is 13.0. The van der Waals surface area contributed by atoms with Crippen LogP contribution in [0.25, 0.3) is 11.5 Å². The molecule has 2 aromatic carbocycles. The van der Waals surface area contributed by atoms with Gasteiger partial charge in [0.05, 0.1) is 10.5 Å². The van der Waals surface area contributed by atoms with E-state index in [1.165, 1.54) is 36.0 Å². The third-order valence-corrected chi connectivity index (χ3v) is 4.52. The van der Waals surface area contributed by atoms with E-state index in [4.69, 9.17) is 9.15 Å². The number of non-ortho nitro benzene ring substituents is 1. The van der Waals surface area contributed by atoms with E-state index in [2.05, 4.69) is 10.2 Å². The molecule has 0 saturated carbocycles. The average Bonchev–Trinajstić information content (AvgIpc) is 3.18. The Morgan fingerprint density at radius 3 is 2.56 bits per heavy atom. The van der Waals surface area contributed by atoms with E-state index < -0.39 is 17.0 Å². The standard InChI is InChI=1S/C18H15N3O5S/c1-11(25-18(22)14-5-3-4-6-15(14)27-2)16-19-20-17(26-16)12-7-9-13(10-8-12)21(23)24/h3-11H,1-2H3/t11-/m0/s1. The van der Waals surface area contributed by atoms with Crippen LogP contribution in [-0.2, 0) is 4.74 Å². The van der Waals surface area contributed by atoms with Gasteiger partial charge < -0.3 is 9.15 Å². The van der Waals surface area contributed by atoms with Crippen molar-refractivity contribution in [2.24, 2.45) is 0 Å². The number of nitrogens with zero attached hydrogens (tertiary/aromatic N) is 3. The summed E-state index contributed by atoms with van der Waals surface area (Å²) in [5.74, 6) is -0.159. The first kappa shape index (κ1) is 18.6. The number of ether oxygens (including phenoxy) is 1. The Balaban J connectivity index is 1.74. The number of benzene rings is 2. The van der Waals surface area contributed by atoms with Gasteiger partial charge in [0.2, 0.25) is 5.89 Å². The lowest BCUT2D eigenvalue weighted by molar-refractivity contribution is -0.384. The normalized spacial score (nSPS) is 11.8. The van der Waals surface area contributed by atoms with Crippen LogP contribution in [0, 0.1) is 10.1 Å². The highest BCUT2D eigenvalue weighted by Crippen LogP contribution is 2.26. The molecule has 0 saturated heterocycles. The number of nitro groups is 1. The monoisotopic (exact) mass is 385 g/mol. The molecule has 3 rings (SSSR count). The number of aromatic nitrogens is 2. The number of thioether (sulfide) groups is 1. The smallest absolute Gasteiger partial charge is 0.340 e. The minimum atomic E-state index is -0.744. The Morgan fingerprint density at radius 1 is 1.19 bits per heavy atom. The fourth-order valence-electron chi connectivity index (χ4n) is 2.33. The number of hydrogen-bond donors (Lipinski definition) is 0. The maximum absolute atomic E-state index is 12.4. The summed E-state index contributed by atoms with van der Waals surface area (Å²) in [6.07, 6.45) is 1.14. The highest BCUT2D eigenvalue weighted by Gasteiger charge is 2.21. The van der Waals surface area contributed by atoms with Crippen LogP contribution in [0.5, 0.6) is 0 Å². The first-order valence-corrected chi connectivity index (χ1v) is 9.14. The maximum Gasteiger partial charge on any atom is 0.340 e. The van der Waals surface area contributed by atoms with E-state index in [1.54, 1.807) is 19.1 Å². The summed E-state index contributed by atoms with van der Waals surface area (Å²) in [5.41, 5.74) is 0.964. The zero-order valence-corrected chi connectivity index (χ0v) is 15.3. The summed E-state index contributed by atoms with van der Waals surface area (Å²) < 4.78 is 11.0. The van der Waals surface area contributed by atoms with Crippen molar-refractivity contribution in [3.8, 4) is 11.5 Å². The van der Waals surface area contributed by atoms with Gasteiger partial charge in [-0.2, -0.15) is 0 Å². The molecule has 0 fully saturated rings. The second-order valence-corrected chi connectivity index (χ2v) is 6.35. The van der Waals surface area contributed by atoms with Gasteiger partial charge in [-0.25, -0.2) is 4.79 Å². The van der Waals surface area contributed by atoms with Gasteiger partial charge in [0.25, 0.3) is 11.6 Å². The van der Waals surface area contributed by atoms with E-state index >= 15 is 0 Å².